The molecular weight excluding hydrogens is 228 g/mol. The molecule has 1 saturated heterocycles. The van der Waals surface area contributed by atoms with Crippen LogP contribution in [0.5, 0.6) is 0 Å². The van der Waals surface area contributed by atoms with Crippen molar-refractivity contribution in [2.24, 2.45) is 0 Å². The maximum atomic E-state index is 11.6. The summed E-state index contributed by atoms with van der Waals surface area (Å²) >= 11 is 5.71. The summed E-state index contributed by atoms with van der Waals surface area (Å²) < 4.78 is 0. The summed E-state index contributed by atoms with van der Waals surface area (Å²) in [5, 5.41) is 2.31. The third-order valence-corrected chi connectivity index (χ3v) is 2.90. The number of halogens is 1. The van der Waals surface area contributed by atoms with Gasteiger partial charge in [-0.25, -0.2) is 0 Å². The fourth-order valence-electron chi connectivity index (χ4n) is 1.74. The number of carbonyl (C=O) groups is 2. The van der Waals surface area contributed by atoms with Crippen molar-refractivity contribution in [3.63, 3.8) is 0 Å². The van der Waals surface area contributed by atoms with E-state index in [1.54, 1.807) is 6.20 Å². The number of piperidine rings is 1. The monoisotopic (exact) mass is 238 g/mol. The molecule has 0 aromatic carbocycles. The van der Waals surface area contributed by atoms with Gasteiger partial charge in [0.25, 0.3) is 0 Å². The van der Waals surface area contributed by atoms with Crippen molar-refractivity contribution in [2.45, 2.75) is 24.6 Å². The molecule has 2 heterocycles. The van der Waals surface area contributed by atoms with Gasteiger partial charge in [-0.2, -0.15) is 0 Å². The van der Waals surface area contributed by atoms with Crippen LogP contribution in [0.2, 0.25) is 0 Å². The molecule has 0 aliphatic carbocycles. The number of pyridine rings is 1. The molecule has 0 radical (unpaired) electrons. The molecule has 0 spiro atoms. The zero-order valence-electron chi connectivity index (χ0n) is 8.57. The summed E-state index contributed by atoms with van der Waals surface area (Å²) in [7, 11) is 0. The number of carbonyl (C=O) groups excluding carboxylic acids is 2. The number of amides is 2. The predicted octanol–water partition coefficient (Wildman–Crippen LogP) is 1.34. The van der Waals surface area contributed by atoms with Gasteiger partial charge in [-0.3, -0.25) is 19.9 Å². The highest BCUT2D eigenvalue weighted by atomic mass is 35.5. The van der Waals surface area contributed by atoms with Crippen molar-refractivity contribution < 1.29 is 9.59 Å². The van der Waals surface area contributed by atoms with Crippen LogP contribution in [-0.2, 0) is 15.5 Å². The van der Waals surface area contributed by atoms with Gasteiger partial charge in [-0.1, -0.05) is 0 Å². The third-order valence-electron chi connectivity index (χ3n) is 2.60. The second kappa shape index (κ2) is 4.61. The molecule has 1 aliphatic rings. The summed E-state index contributed by atoms with van der Waals surface area (Å²) in [5.74, 6) is -0.422. The molecule has 1 atom stereocenters. The Hall–Kier alpha value is -1.42. The standard InChI is InChI=1S/C11H11ClN2O2/c12-6-7-3-4-13-9(5-7)8-1-2-10(15)14-11(8)16/h3-5,8H,1-2,6H2,(H,14,15,16). The molecule has 1 fully saturated rings. The van der Waals surface area contributed by atoms with Crippen LogP contribution in [0.15, 0.2) is 18.3 Å². The number of aromatic nitrogens is 1. The van der Waals surface area contributed by atoms with E-state index >= 15 is 0 Å². The molecular formula is C11H11ClN2O2. The molecule has 2 amide bonds. The fraction of sp³-hybridized carbons (Fsp3) is 0.364. The van der Waals surface area contributed by atoms with Gasteiger partial charge in [0.05, 0.1) is 11.6 Å². The molecule has 2 rings (SSSR count). The van der Waals surface area contributed by atoms with Crippen LogP contribution < -0.4 is 5.32 Å². The maximum Gasteiger partial charge on any atom is 0.235 e. The number of rotatable bonds is 2. The summed E-state index contributed by atoms with van der Waals surface area (Å²) in [6.45, 7) is 0. The number of nitrogens with zero attached hydrogens (tertiary/aromatic N) is 1. The highest BCUT2D eigenvalue weighted by molar-refractivity contribution is 6.17. The van der Waals surface area contributed by atoms with Crippen molar-refractivity contribution >= 4 is 23.4 Å². The lowest BCUT2D eigenvalue weighted by atomic mass is 9.94. The minimum absolute atomic E-state index is 0.213. The first kappa shape index (κ1) is 11.1. The molecule has 16 heavy (non-hydrogen) atoms. The van der Waals surface area contributed by atoms with Crippen LogP contribution in [-0.4, -0.2) is 16.8 Å². The Morgan fingerprint density at radius 3 is 3.00 bits per heavy atom. The van der Waals surface area contributed by atoms with Gasteiger partial charge in [0.2, 0.25) is 11.8 Å². The molecule has 84 valence electrons. The van der Waals surface area contributed by atoms with Crippen molar-refractivity contribution in [2.75, 3.05) is 0 Å². The van der Waals surface area contributed by atoms with Crippen LogP contribution >= 0.6 is 11.6 Å². The van der Waals surface area contributed by atoms with E-state index in [1.165, 1.54) is 0 Å². The molecule has 1 aromatic heterocycles. The van der Waals surface area contributed by atoms with E-state index in [1.807, 2.05) is 12.1 Å². The fourth-order valence-corrected chi connectivity index (χ4v) is 1.91. The van der Waals surface area contributed by atoms with E-state index in [-0.39, 0.29) is 17.7 Å². The zero-order valence-corrected chi connectivity index (χ0v) is 9.33. The van der Waals surface area contributed by atoms with E-state index in [4.69, 9.17) is 11.6 Å². The topological polar surface area (TPSA) is 59.1 Å². The second-order valence-electron chi connectivity index (χ2n) is 3.73. The van der Waals surface area contributed by atoms with Gasteiger partial charge in [0, 0.05) is 18.5 Å². The SMILES string of the molecule is O=C1CCC(c2cc(CCl)ccn2)C(=O)N1. The van der Waals surface area contributed by atoms with Crippen molar-refractivity contribution in [3.05, 3.63) is 29.6 Å². The van der Waals surface area contributed by atoms with E-state index < -0.39 is 0 Å². The molecule has 1 aromatic rings. The van der Waals surface area contributed by atoms with E-state index in [0.717, 1.165) is 5.56 Å². The van der Waals surface area contributed by atoms with Gasteiger partial charge < -0.3 is 0 Å². The largest absolute Gasteiger partial charge is 0.296 e. The Morgan fingerprint density at radius 1 is 1.50 bits per heavy atom. The van der Waals surface area contributed by atoms with Crippen molar-refractivity contribution in [1.29, 1.82) is 0 Å². The molecule has 5 heteroatoms. The number of imide groups is 1. The van der Waals surface area contributed by atoms with Gasteiger partial charge in [0.15, 0.2) is 0 Å². The first-order valence-corrected chi connectivity index (χ1v) is 5.58. The first-order valence-electron chi connectivity index (χ1n) is 5.05. The lowest BCUT2D eigenvalue weighted by Gasteiger charge is -2.20. The maximum absolute atomic E-state index is 11.6. The molecule has 4 nitrogen and oxygen atoms in total. The highest BCUT2D eigenvalue weighted by Crippen LogP contribution is 2.23. The van der Waals surface area contributed by atoms with Crippen LogP contribution in [0.1, 0.15) is 30.0 Å². The highest BCUT2D eigenvalue weighted by Gasteiger charge is 2.28. The lowest BCUT2D eigenvalue weighted by Crippen LogP contribution is -2.39. The molecule has 1 aliphatic heterocycles. The number of alkyl halides is 1. The zero-order chi connectivity index (χ0) is 11.5. The summed E-state index contributed by atoms with van der Waals surface area (Å²) in [6, 6.07) is 3.62. The van der Waals surface area contributed by atoms with E-state index in [9.17, 15) is 9.59 Å². The van der Waals surface area contributed by atoms with Gasteiger partial charge in [-0.05, 0) is 24.1 Å². The number of nitrogens with one attached hydrogen (secondary N) is 1. The molecule has 1 unspecified atom stereocenters. The van der Waals surface area contributed by atoms with Crippen LogP contribution in [0.4, 0.5) is 0 Å². The first-order chi connectivity index (χ1) is 7.70. The Bertz CT molecular complexity index is 434. The Morgan fingerprint density at radius 2 is 2.31 bits per heavy atom. The Balaban J connectivity index is 2.23. The third kappa shape index (κ3) is 2.22. The van der Waals surface area contributed by atoms with Crippen LogP contribution in [0, 0.1) is 0 Å². The van der Waals surface area contributed by atoms with Crippen molar-refractivity contribution in [1.82, 2.24) is 10.3 Å². The number of hydrogen-bond acceptors (Lipinski definition) is 3. The van der Waals surface area contributed by atoms with Gasteiger partial charge >= 0.3 is 0 Å². The quantitative estimate of drug-likeness (QED) is 0.625. The van der Waals surface area contributed by atoms with Crippen molar-refractivity contribution in [3.8, 4) is 0 Å². The average Bonchev–Trinajstić information content (AvgIpc) is 2.29. The Kier molecular flexibility index (Phi) is 3.19. The van der Waals surface area contributed by atoms with Crippen LogP contribution in [0.3, 0.4) is 0 Å². The average molecular weight is 239 g/mol. The minimum Gasteiger partial charge on any atom is -0.296 e. The molecule has 0 bridgehead atoms. The van der Waals surface area contributed by atoms with E-state index in [0.29, 0.717) is 24.4 Å². The number of hydrogen-bond donors (Lipinski definition) is 1. The molecule has 1 N–H and O–H groups in total. The smallest absolute Gasteiger partial charge is 0.235 e. The lowest BCUT2D eigenvalue weighted by molar-refractivity contribution is -0.134. The van der Waals surface area contributed by atoms with Crippen LogP contribution in [0.25, 0.3) is 0 Å². The summed E-state index contributed by atoms with van der Waals surface area (Å²) in [6.07, 6.45) is 2.52. The van der Waals surface area contributed by atoms with Gasteiger partial charge in [0.1, 0.15) is 0 Å². The normalized spacial score (nSPS) is 20.7. The van der Waals surface area contributed by atoms with E-state index in [2.05, 4.69) is 10.3 Å². The predicted molar refractivity (Wildman–Crippen MR) is 58.9 cm³/mol. The summed E-state index contributed by atoms with van der Waals surface area (Å²) in [5.41, 5.74) is 1.61. The minimum atomic E-state index is -0.333. The second-order valence-corrected chi connectivity index (χ2v) is 3.99. The van der Waals surface area contributed by atoms with Gasteiger partial charge in [-0.15, -0.1) is 11.6 Å². The summed E-state index contributed by atoms with van der Waals surface area (Å²) in [4.78, 5) is 26.8. The Labute approximate surface area is 98.0 Å². The molecule has 0 saturated carbocycles.